The zero-order valence-corrected chi connectivity index (χ0v) is 17.7. The molecule has 2 aliphatic carbocycles. The monoisotopic (exact) mass is 458 g/mol. The van der Waals surface area contributed by atoms with Crippen LogP contribution < -0.4 is 15.4 Å². The van der Waals surface area contributed by atoms with Crippen molar-refractivity contribution in [2.24, 2.45) is 10.9 Å². The lowest BCUT2D eigenvalue weighted by molar-refractivity contribution is 0.148. The number of ether oxygens (including phenoxy) is 1. The predicted octanol–water partition coefficient (Wildman–Crippen LogP) is 3.87. The van der Waals surface area contributed by atoms with Gasteiger partial charge in [-0.25, -0.2) is 9.98 Å². The van der Waals surface area contributed by atoms with Crippen LogP contribution in [0.3, 0.4) is 0 Å². The highest BCUT2D eigenvalue weighted by Crippen LogP contribution is 2.28. The van der Waals surface area contributed by atoms with Crippen LogP contribution in [0.15, 0.2) is 23.3 Å². The van der Waals surface area contributed by atoms with Crippen molar-refractivity contribution in [2.45, 2.75) is 71.1 Å². The Labute approximate surface area is 168 Å². The number of pyridine rings is 1. The summed E-state index contributed by atoms with van der Waals surface area (Å²) in [7, 11) is 0. The molecule has 2 N–H and O–H groups in total. The molecule has 1 aromatic rings. The molecule has 0 spiro atoms. The lowest BCUT2D eigenvalue weighted by Crippen LogP contribution is -2.39. The van der Waals surface area contributed by atoms with Crippen LogP contribution in [0.2, 0.25) is 0 Å². The van der Waals surface area contributed by atoms with Gasteiger partial charge in [0.05, 0.1) is 6.54 Å². The average Bonchev–Trinajstić information content (AvgIpc) is 3.29. The van der Waals surface area contributed by atoms with Gasteiger partial charge in [-0.3, -0.25) is 0 Å². The highest BCUT2D eigenvalue weighted by atomic mass is 127. The molecule has 25 heavy (non-hydrogen) atoms. The van der Waals surface area contributed by atoms with E-state index in [2.05, 4.69) is 29.5 Å². The Bertz CT molecular complexity index is 560. The van der Waals surface area contributed by atoms with Crippen molar-refractivity contribution >= 4 is 29.9 Å². The van der Waals surface area contributed by atoms with E-state index in [0.717, 1.165) is 42.7 Å². The highest BCUT2D eigenvalue weighted by Gasteiger charge is 2.33. The number of halogens is 1. The number of rotatable bonds is 6. The molecule has 6 heteroatoms. The molecule has 0 saturated heterocycles. The van der Waals surface area contributed by atoms with Gasteiger partial charge in [-0.2, -0.15) is 0 Å². The van der Waals surface area contributed by atoms with E-state index in [-0.39, 0.29) is 24.0 Å². The highest BCUT2D eigenvalue weighted by molar-refractivity contribution is 14.0. The average molecular weight is 458 g/mol. The third kappa shape index (κ3) is 6.64. The van der Waals surface area contributed by atoms with Crippen LogP contribution in [-0.4, -0.2) is 29.6 Å². The molecular formula is C19H31IN4O. The normalized spacial score (nSPS) is 23.5. The number of nitrogens with one attached hydrogen (secondary N) is 2. The van der Waals surface area contributed by atoms with Gasteiger partial charge in [0, 0.05) is 24.8 Å². The van der Waals surface area contributed by atoms with Gasteiger partial charge >= 0.3 is 0 Å². The molecule has 3 rings (SSSR count). The predicted molar refractivity (Wildman–Crippen MR) is 113 cm³/mol. The molecule has 5 nitrogen and oxygen atoms in total. The van der Waals surface area contributed by atoms with Gasteiger partial charge in [0.15, 0.2) is 5.96 Å². The number of hydrogen-bond acceptors (Lipinski definition) is 3. The van der Waals surface area contributed by atoms with Crippen molar-refractivity contribution in [1.82, 2.24) is 15.6 Å². The first-order valence-electron chi connectivity index (χ1n) is 9.41. The van der Waals surface area contributed by atoms with Gasteiger partial charge in [-0.05, 0) is 56.6 Å². The lowest BCUT2D eigenvalue weighted by atomic mass is 9.98. The van der Waals surface area contributed by atoms with Crippen molar-refractivity contribution in [3.8, 4) is 5.88 Å². The van der Waals surface area contributed by atoms with Crippen LogP contribution in [0.1, 0.15) is 57.9 Å². The maximum atomic E-state index is 6.05. The van der Waals surface area contributed by atoms with Crippen molar-refractivity contribution in [1.29, 1.82) is 0 Å². The minimum Gasteiger partial charge on any atom is -0.474 e. The summed E-state index contributed by atoms with van der Waals surface area (Å²) in [5.41, 5.74) is 1.14. The molecule has 2 fully saturated rings. The van der Waals surface area contributed by atoms with E-state index in [9.17, 15) is 0 Å². The minimum absolute atomic E-state index is 0. The SMILES string of the molecule is CCNC(=NCc1ccnc(OC2CCCCC2)c1)NC1CC1C.I. The van der Waals surface area contributed by atoms with E-state index in [1.807, 2.05) is 18.3 Å². The Hall–Kier alpha value is -1.05. The third-order valence-electron chi connectivity index (χ3n) is 4.83. The van der Waals surface area contributed by atoms with Crippen molar-refractivity contribution in [3.63, 3.8) is 0 Å². The Balaban J connectivity index is 0.00000225. The molecule has 0 aliphatic heterocycles. The van der Waals surface area contributed by atoms with E-state index in [1.165, 1.54) is 25.7 Å². The number of aliphatic imine (C=N–C) groups is 1. The Morgan fingerprint density at radius 3 is 2.76 bits per heavy atom. The minimum atomic E-state index is 0. The van der Waals surface area contributed by atoms with E-state index >= 15 is 0 Å². The maximum Gasteiger partial charge on any atom is 0.213 e. The molecule has 0 aromatic carbocycles. The van der Waals surface area contributed by atoms with Gasteiger partial charge in [-0.1, -0.05) is 13.3 Å². The lowest BCUT2D eigenvalue weighted by Gasteiger charge is -2.22. The topological polar surface area (TPSA) is 58.5 Å². The largest absolute Gasteiger partial charge is 0.474 e. The summed E-state index contributed by atoms with van der Waals surface area (Å²) in [6.45, 7) is 5.87. The van der Waals surface area contributed by atoms with E-state index in [4.69, 9.17) is 9.73 Å². The molecule has 2 unspecified atom stereocenters. The molecule has 1 aromatic heterocycles. The van der Waals surface area contributed by atoms with Crippen LogP contribution in [-0.2, 0) is 6.54 Å². The summed E-state index contributed by atoms with van der Waals surface area (Å²) in [5.74, 6) is 2.40. The van der Waals surface area contributed by atoms with Crippen molar-refractivity contribution < 1.29 is 4.74 Å². The number of nitrogens with zero attached hydrogens (tertiary/aromatic N) is 2. The van der Waals surface area contributed by atoms with Crippen LogP contribution >= 0.6 is 24.0 Å². The van der Waals surface area contributed by atoms with Gasteiger partial charge in [0.25, 0.3) is 0 Å². The summed E-state index contributed by atoms with van der Waals surface area (Å²) >= 11 is 0. The standard InChI is InChI=1S/C19H30N4O.HI/c1-3-20-19(23-17-11-14(17)2)22-13-15-9-10-21-18(12-15)24-16-7-5-4-6-8-16;/h9-10,12,14,16-17H,3-8,11,13H2,1-2H3,(H2,20,22,23);1H. The second kappa shape index (κ2) is 10.2. The van der Waals surface area contributed by atoms with Crippen molar-refractivity contribution in [2.75, 3.05) is 6.54 Å². The van der Waals surface area contributed by atoms with E-state index in [0.29, 0.717) is 18.7 Å². The molecule has 1 heterocycles. The summed E-state index contributed by atoms with van der Waals surface area (Å²) in [6, 6.07) is 4.62. The first-order valence-corrected chi connectivity index (χ1v) is 9.41. The fraction of sp³-hybridized carbons (Fsp3) is 0.684. The van der Waals surface area contributed by atoms with Crippen molar-refractivity contribution in [3.05, 3.63) is 23.9 Å². The van der Waals surface area contributed by atoms with Gasteiger partial charge in [-0.15, -0.1) is 24.0 Å². The Kier molecular flexibility index (Phi) is 8.26. The summed E-state index contributed by atoms with van der Waals surface area (Å²) < 4.78 is 6.05. The fourth-order valence-corrected chi connectivity index (χ4v) is 3.16. The second-order valence-corrected chi connectivity index (χ2v) is 7.04. The Morgan fingerprint density at radius 1 is 1.32 bits per heavy atom. The summed E-state index contributed by atoms with van der Waals surface area (Å²) in [6.07, 6.45) is 9.57. The first-order chi connectivity index (χ1) is 11.7. The third-order valence-corrected chi connectivity index (χ3v) is 4.83. The van der Waals surface area contributed by atoms with Crippen LogP contribution in [0.25, 0.3) is 0 Å². The zero-order chi connectivity index (χ0) is 16.8. The molecule has 2 atom stereocenters. The molecule has 2 saturated carbocycles. The van der Waals surface area contributed by atoms with E-state index < -0.39 is 0 Å². The van der Waals surface area contributed by atoms with Crippen LogP contribution in [0.5, 0.6) is 5.88 Å². The maximum absolute atomic E-state index is 6.05. The molecular weight excluding hydrogens is 427 g/mol. The van der Waals surface area contributed by atoms with Crippen LogP contribution in [0.4, 0.5) is 0 Å². The molecule has 140 valence electrons. The number of hydrogen-bond donors (Lipinski definition) is 2. The molecule has 2 aliphatic rings. The molecule has 0 bridgehead atoms. The second-order valence-electron chi connectivity index (χ2n) is 7.04. The molecule has 0 amide bonds. The first kappa shape index (κ1) is 20.3. The Morgan fingerprint density at radius 2 is 2.08 bits per heavy atom. The summed E-state index contributed by atoms with van der Waals surface area (Å²) in [4.78, 5) is 9.06. The van der Waals surface area contributed by atoms with E-state index in [1.54, 1.807) is 0 Å². The number of aromatic nitrogens is 1. The van der Waals surface area contributed by atoms with Crippen LogP contribution in [0, 0.1) is 5.92 Å². The quantitative estimate of drug-likeness (QED) is 0.386. The van der Waals surface area contributed by atoms with Gasteiger partial charge < -0.3 is 15.4 Å². The van der Waals surface area contributed by atoms with Gasteiger partial charge in [0.1, 0.15) is 6.10 Å². The zero-order valence-electron chi connectivity index (χ0n) is 15.3. The number of guanidine groups is 1. The van der Waals surface area contributed by atoms with Gasteiger partial charge in [0.2, 0.25) is 5.88 Å². The molecule has 0 radical (unpaired) electrons. The fourth-order valence-electron chi connectivity index (χ4n) is 3.16. The smallest absolute Gasteiger partial charge is 0.213 e. The summed E-state index contributed by atoms with van der Waals surface area (Å²) in [5, 5.41) is 6.80.